The second kappa shape index (κ2) is 10.1. The van der Waals surface area contributed by atoms with Crippen molar-refractivity contribution in [3.63, 3.8) is 0 Å². The maximum atomic E-state index is 13.1. The van der Waals surface area contributed by atoms with Gasteiger partial charge in [-0.15, -0.1) is 0 Å². The Bertz CT molecular complexity index is 1560. The maximum absolute atomic E-state index is 13.1. The highest BCUT2D eigenvalue weighted by Crippen LogP contribution is 2.44. The Morgan fingerprint density at radius 1 is 1.03 bits per heavy atom. The zero-order valence-electron chi connectivity index (χ0n) is 22.4. The quantitative estimate of drug-likeness (QED) is 0.465. The molecule has 1 aromatic carbocycles. The molecule has 0 bridgehead atoms. The van der Waals surface area contributed by atoms with Crippen LogP contribution in [0.15, 0.2) is 35.1 Å². The Labute approximate surface area is 227 Å². The summed E-state index contributed by atoms with van der Waals surface area (Å²) in [6, 6.07) is 14.2. The molecule has 3 aliphatic rings. The first-order chi connectivity index (χ1) is 19.0. The summed E-state index contributed by atoms with van der Waals surface area (Å²) in [4.78, 5) is 22.2. The van der Waals surface area contributed by atoms with Crippen molar-refractivity contribution in [2.45, 2.75) is 57.0 Å². The largest absolute Gasteiger partial charge is 0.454 e. The van der Waals surface area contributed by atoms with Crippen LogP contribution in [0, 0.1) is 28.6 Å². The van der Waals surface area contributed by atoms with Gasteiger partial charge in [-0.05, 0) is 68.7 Å². The van der Waals surface area contributed by atoms with Crippen molar-refractivity contribution in [1.29, 1.82) is 10.5 Å². The van der Waals surface area contributed by atoms with E-state index in [0.29, 0.717) is 28.7 Å². The van der Waals surface area contributed by atoms with E-state index in [2.05, 4.69) is 33.0 Å². The van der Waals surface area contributed by atoms with Crippen molar-refractivity contribution in [2.75, 3.05) is 30.2 Å². The minimum atomic E-state index is -0.348. The highest BCUT2D eigenvalue weighted by molar-refractivity contribution is 5.92. The molecule has 6 rings (SSSR count). The summed E-state index contributed by atoms with van der Waals surface area (Å²) in [6.07, 6.45) is 7.62. The van der Waals surface area contributed by atoms with Gasteiger partial charge in [-0.1, -0.05) is 12.5 Å². The summed E-state index contributed by atoms with van der Waals surface area (Å²) in [5.41, 5.74) is 2.75. The Balaban J connectivity index is 1.29. The van der Waals surface area contributed by atoms with Gasteiger partial charge in [0.25, 0.3) is 5.56 Å². The molecular weight excluding hydrogens is 492 g/mol. The first-order valence-electron chi connectivity index (χ1n) is 13.7. The van der Waals surface area contributed by atoms with E-state index < -0.39 is 0 Å². The van der Waals surface area contributed by atoms with Crippen molar-refractivity contribution in [1.82, 2.24) is 9.55 Å². The Morgan fingerprint density at radius 3 is 2.49 bits per heavy atom. The third-order valence-electron chi connectivity index (χ3n) is 8.81. The standard InChI is InChI=1S/C30H32N6O3/c1-34(28-23(16-32)30(37)35(2)24-14-9-20(15-31)33-27(24)28)21-10-12-22(13-11-21)36(17-19-5-3-6-19)25-7-4-8-26-29(25)39-18-38-26/h4,7-9,14,19,21-22H,3,5-6,10-13,17-18H2,1-2H3/t21-,22-. The number of fused-ring (bicyclic) bond motifs is 2. The normalized spacial score (nSPS) is 20.2. The van der Waals surface area contributed by atoms with Gasteiger partial charge in [0.05, 0.1) is 16.9 Å². The molecule has 0 atom stereocenters. The molecule has 2 fully saturated rings. The van der Waals surface area contributed by atoms with Crippen LogP contribution in [-0.4, -0.2) is 42.0 Å². The molecule has 2 aromatic heterocycles. The number of hydrogen-bond acceptors (Lipinski definition) is 8. The number of nitriles is 2. The number of aromatic nitrogens is 2. The van der Waals surface area contributed by atoms with Crippen molar-refractivity contribution in [2.24, 2.45) is 13.0 Å². The molecular formula is C30H32N6O3. The highest BCUT2D eigenvalue weighted by Gasteiger charge is 2.34. The molecule has 2 aliphatic carbocycles. The summed E-state index contributed by atoms with van der Waals surface area (Å²) in [6.45, 7) is 1.28. The summed E-state index contributed by atoms with van der Waals surface area (Å²) < 4.78 is 13.0. The van der Waals surface area contributed by atoms with Gasteiger partial charge in [0.15, 0.2) is 11.5 Å². The lowest BCUT2D eigenvalue weighted by Crippen LogP contribution is -2.46. The van der Waals surface area contributed by atoms with Crippen molar-refractivity contribution < 1.29 is 9.47 Å². The van der Waals surface area contributed by atoms with Crippen LogP contribution in [0.3, 0.4) is 0 Å². The van der Waals surface area contributed by atoms with Gasteiger partial charge in [0.2, 0.25) is 6.79 Å². The second-order valence-corrected chi connectivity index (χ2v) is 10.9. The van der Waals surface area contributed by atoms with Crippen LogP contribution in [0.2, 0.25) is 0 Å². The Kier molecular flexibility index (Phi) is 6.52. The summed E-state index contributed by atoms with van der Waals surface area (Å²) in [5, 5.41) is 19.4. The highest BCUT2D eigenvalue weighted by atomic mass is 16.7. The molecule has 2 saturated carbocycles. The monoisotopic (exact) mass is 524 g/mol. The number of benzene rings is 1. The lowest BCUT2D eigenvalue weighted by Gasteiger charge is -2.44. The summed E-state index contributed by atoms with van der Waals surface area (Å²) in [7, 11) is 3.59. The molecule has 3 heterocycles. The minimum Gasteiger partial charge on any atom is -0.454 e. The van der Waals surface area contributed by atoms with Crippen molar-refractivity contribution >= 4 is 22.4 Å². The topological polar surface area (TPSA) is 107 Å². The number of rotatable bonds is 6. The fraction of sp³-hybridized carbons (Fsp3) is 0.467. The number of hydrogen-bond donors (Lipinski definition) is 0. The van der Waals surface area contributed by atoms with Gasteiger partial charge in [-0.3, -0.25) is 4.79 Å². The van der Waals surface area contributed by atoms with Crippen LogP contribution >= 0.6 is 0 Å². The first kappa shape index (κ1) is 25.1. The number of anilines is 2. The van der Waals surface area contributed by atoms with E-state index in [-0.39, 0.29) is 29.7 Å². The number of ether oxygens (including phenoxy) is 2. The molecule has 0 saturated heterocycles. The van der Waals surface area contributed by atoms with Crippen LogP contribution in [0.4, 0.5) is 11.4 Å². The summed E-state index contributed by atoms with van der Waals surface area (Å²) in [5.74, 6) is 2.36. The fourth-order valence-electron chi connectivity index (χ4n) is 6.38. The van der Waals surface area contributed by atoms with E-state index >= 15 is 0 Å². The molecule has 0 spiro atoms. The molecule has 9 nitrogen and oxygen atoms in total. The van der Waals surface area contributed by atoms with E-state index in [4.69, 9.17) is 9.47 Å². The average molecular weight is 525 g/mol. The van der Waals surface area contributed by atoms with Gasteiger partial charge in [0, 0.05) is 32.7 Å². The zero-order valence-corrected chi connectivity index (χ0v) is 22.4. The molecule has 0 N–H and O–H groups in total. The molecule has 39 heavy (non-hydrogen) atoms. The molecule has 3 aromatic rings. The molecule has 0 unspecified atom stereocenters. The van der Waals surface area contributed by atoms with Gasteiger partial charge in [0.1, 0.15) is 28.9 Å². The molecule has 200 valence electrons. The van der Waals surface area contributed by atoms with Gasteiger partial charge >= 0.3 is 0 Å². The lowest BCUT2D eigenvalue weighted by atomic mass is 9.83. The van der Waals surface area contributed by atoms with E-state index in [1.165, 1.54) is 23.8 Å². The number of nitrogens with zero attached hydrogens (tertiary/aromatic N) is 6. The number of para-hydroxylation sites is 1. The molecule has 0 amide bonds. The second-order valence-electron chi connectivity index (χ2n) is 10.9. The zero-order chi connectivity index (χ0) is 27.1. The van der Waals surface area contributed by atoms with Crippen LogP contribution in [0.5, 0.6) is 11.5 Å². The number of pyridine rings is 2. The van der Waals surface area contributed by atoms with E-state index in [9.17, 15) is 15.3 Å². The SMILES string of the molecule is Cn1c(=O)c(C#N)c(N(C)[C@H]2CC[C@H](N(CC3CCC3)c3cccc4c3OCO4)CC2)c2nc(C#N)ccc21. The third kappa shape index (κ3) is 4.32. The van der Waals surface area contributed by atoms with Crippen LogP contribution in [-0.2, 0) is 7.05 Å². The van der Waals surface area contributed by atoms with Gasteiger partial charge in [-0.25, -0.2) is 4.98 Å². The molecule has 0 radical (unpaired) electrons. The van der Waals surface area contributed by atoms with Crippen molar-refractivity contribution in [3.05, 3.63) is 51.9 Å². The van der Waals surface area contributed by atoms with Gasteiger partial charge < -0.3 is 23.8 Å². The minimum absolute atomic E-state index is 0.0702. The third-order valence-corrected chi connectivity index (χ3v) is 8.81. The maximum Gasteiger partial charge on any atom is 0.270 e. The lowest BCUT2D eigenvalue weighted by molar-refractivity contribution is 0.173. The fourth-order valence-corrected chi connectivity index (χ4v) is 6.38. The first-order valence-corrected chi connectivity index (χ1v) is 13.7. The molecule has 9 heteroatoms. The van der Waals surface area contributed by atoms with E-state index in [0.717, 1.165) is 49.4 Å². The van der Waals surface area contributed by atoms with E-state index in [1.807, 2.05) is 19.2 Å². The van der Waals surface area contributed by atoms with Crippen molar-refractivity contribution in [3.8, 4) is 23.6 Å². The summed E-state index contributed by atoms with van der Waals surface area (Å²) >= 11 is 0. The predicted molar refractivity (Wildman–Crippen MR) is 148 cm³/mol. The Morgan fingerprint density at radius 2 is 1.79 bits per heavy atom. The molecule has 1 aliphatic heterocycles. The van der Waals surface area contributed by atoms with Crippen LogP contribution in [0.25, 0.3) is 11.0 Å². The predicted octanol–water partition coefficient (Wildman–Crippen LogP) is 4.46. The smallest absolute Gasteiger partial charge is 0.270 e. The Hall–Kier alpha value is -4.24. The average Bonchev–Trinajstić information content (AvgIpc) is 3.43. The van der Waals surface area contributed by atoms with Gasteiger partial charge in [-0.2, -0.15) is 10.5 Å². The van der Waals surface area contributed by atoms with Crippen LogP contribution in [0.1, 0.15) is 56.2 Å². The van der Waals surface area contributed by atoms with Crippen LogP contribution < -0.4 is 24.8 Å². The number of aryl methyl sites for hydroxylation is 1. The van der Waals surface area contributed by atoms with E-state index in [1.54, 1.807) is 19.2 Å².